The van der Waals surface area contributed by atoms with Crippen LogP contribution in [-0.4, -0.2) is 56.0 Å². The van der Waals surface area contributed by atoms with Crippen molar-refractivity contribution in [3.63, 3.8) is 0 Å². The van der Waals surface area contributed by atoms with Crippen LogP contribution in [0.2, 0.25) is 0 Å². The van der Waals surface area contributed by atoms with E-state index in [1.807, 2.05) is 6.92 Å². The third-order valence-corrected chi connectivity index (χ3v) is 2.34. The quantitative estimate of drug-likeness (QED) is 0.685. The van der Waals surface area contributed by atoms with Crippen LogP contribution in [0.15, 0.2) is 0 Å². The van der Waals surface area contributed by atoms with E-state index in [1.165, 1.54) is 0 Å². The number of esters is 1. The summed E-state index contributed by atoms with van der Waals surface area (Å²) in [6.45, 7) is 5.61. The van der Waals surface area contributed by atoms with Gasteiger partial charge in [0.1, 0.15) is 6.61 Å². The van der Waals surface area contributed by atoms with Crippen LogP contribution in [0.5, 0.6) is 0 Å². The summed E-state index contributed by atoms with van der Waals surface area (Å²) in [7, 11) is 0. The van der Waals surface area contributed by atoms with Gasteiger partial charge in [-0.05, 0) is 13.8 Å². The SMILES string of the molecule is CCOC(=O)CCOC(=O)N1CCOC(C)C1. The van der Waals surface area contributed by atoms with Crippen LogP contribution in [0.25, 0.3) is 0 Å². The number of carbonyl (C=O) groups is 2. The molecule has 1 heterocycles. The molecule has 1 amide bonds. The highest BCUT2D eigenvalue weighted by molar-refractivity contribution is 5.71. The molecule has 0 radical (unpaired) electrons. The molecule has 0 saturated carbocycles. The Balaban J connectivity index is 2.18. The Morgan fingerprint density at radius 2 is 2.18 bits per heavy atom. The molecule has 0 aromatic heterocycles. The molecule has 1 rings (SSSR count). The van der Waals surface area contributed by atoms with E-state index in [0.29, 0.717) is 26.3 Å². The Kier molecular flexibility index (Phi) is 5.76. The Bertz CT molecular complexity index is 269. The van der Waals surface area contributed by atoms with Crippen molar-refractivity contribution >= 4 is 12.1 Å². The van der Waals surface area contributed by atoms with Crippen molar-refractivity contribution in [3.05, 3.63) is 0 Å². The van der Waals surface area contributed by atoms with Gasteiger partial charge in [-0.3, -0.25) is 4.79 Å². The minimum absolute atomic E-state index is 0.0290. The lowest BCUT2D eigenvalue weighted by molar-refractivity contribution is -0.143. The molecule has 6 nitrogen and oxygen atoms in total. The molecule has 98 valence electrons. The molecule has 6 heteroatoms. The third-order valence-electron chi connectivity index (χ3n) is 2.34. The van der Waals surface area contributed by atoms with E-state index < -0.39 is 6.09 Å². The van der Waals surface area contributed by atoms with Crippen LogP contribution < -0.4 is 0 Å². The van der Waals surface area contributed by atoms with Gasteiger partial charge in [-0.15, -0.1) is 0 Å². The maximum absolute atomic E-state index is 11.6. The van der Waals surface area contributed by atoms with E-state index in [4.69, 9.17) is 14.2 Å². The third kappa shape index (κ3) is 5.04. The average Bonchev–Trinajstić information content (AvgIpc) is 2.29. The molecule has 0 aromatic rings. The molecule has 0 N–H and O–H groups in total. The summed E-state index contributed by atoms with van der Waals surface area (Å²) in [5.41, 5.74) is 0. The lowest BCUT2D eigenvalue weighted by Crippen LogP contribution is -2.44. The fourth-order valence-electron chi connectivity index (χ4n) is 1.53. The molecule has 1 fully saturated rings. The van der Waals surface area contributed by atoms with E-state index in [2.05, 4.69) is 0 Å². The summed E-state index contributed by atoms with van der Waals surface area (Å²) in [4.78, 5) is 24.2. The van der Waals surface area contributed by atoms with Gasteiger partial charge in [0.25, 0.3) is 0 Å². The second-order valence-electron chi connectivity index (χ2n) is 3.80. The van der Waals surface area contributed by atoms with Crippen molar-refractivity contribution in [1.29, 1.82) is 0 Å². The van der Waals surface area contributed by atoms with Gasteiger partial charge in [-0.1, -0.05) is 0 Å². The lowest BCUT2D eigenvalue weighted by Gasteiger charge is -2.30. The van der Waals surface area contributed by atoms with Crippen molar-refractivity contribution in [2.24, 2.45) is 0 Å². The molecule has 1 aliphatic heterocycles. The summed E-state index contributed by atoms with van der Waals surface area (Å²) < 4.78 is 15.0. The largest absolute Gasteiger partial charge is 0.466 e. The minimum Gasteiger partial charge on any atom is -0.466 e. The van der Waals surface area contributed by atoms with E-state index in [1.54, 1.807) is 11.8 Å². The van der Waals surface area contributed by atoms with E-state index in [-0.39, 0.29) is 25.1 Å². The normalized spacial score (nSPS) is 19.9. The lowest BCUT2D eigenvalue weighted by atomic mass is 10.3. The highest BCUT2D eigenvalue weighted by Gasteiger charge is 2.22. The zero-order valence-corrected chi connectivity index (χ0v) is 10.3. The zero-order valence-electron chi connectivity index (χ0n) is 10.3. The van der Waals surface area contributed by atoms with Gasteiger partial charge in [0.2, 0.25) is 0 Å². The first kappa shape index (κ1) is 13.8. The molecule has 1 unspecified atom stereocenters. The van der Waals surface area contributed by atoms with Gasteiger partial charge in [0, 0.05) is 6.54 Å². The Labute approximate surface area is 101 Å². The Morgan fingerprint density at radius 1 is 1.41 bits per heavy atom. The molecule has 1 aliphatic rings. The number of hydrogen-bond acceptors (Lipinski definition) is 5. The first-order valence-electron chi connectivity index (χ1n) is 5.82. The second-order valence-corrected chi connectivity index (χ2v) is 3.80. The monoisotopic (exact) mass is 245 g/mol. The Hall–Kier alpha value is -1.30. The number of morpholine rings is 1. The molecule has 17 heavy (non-hydrogen) atoms. The molecule has 0 aliphatic carbocycles. The van der Waals surface area contributed by atoms with Crippen LogP contribution in [0.1, 0.15) is 20.3 Å². The maximum atomic E-state index is 11.6. The molecule has 1 saturated heterocycles. The standard InChI is InChI=1S/C11H19NO5/c1-3-15-10(13)4-6-17-11(14)12-5-7-16-9(2)8-12/h9H,3-8H2,1-2H3. The van der Waals surface area contributed by atoms with Crippen molar-refractivity contribution in [1.82, 2.24) is 4.90 Å². The van der Waals surface area contributed by atoms with E-state index in [9.17, 15) is 9.59 Å². The van der Waals surface area contributed by atoms with E-state index >= 15 is 0 Å². The molecule has 1 atom stereocenters. The summed E-state index contributed by atoms with van der Waals surface area (Å²) in [6, 6.07) is 0. The first-order valence-corrected chi connectivity index (χ1v) is 5.82. The molecular weight excluding hydrogens is 226 g/mol. The van der Waals surface area contributed by atoms with Crippen LogP contribution in [0.3, 0.4) is 0 Å². The van der Waals surface area contributed by atoms with E-state index in [0.717, 1.165) is 0 Å². The highest BCUT2D eigenvalue weighted by Crippen LogP contribution is 2.06. The zero-order chi connectivity index (χ0) is 12.7. The number of ether oxygens (including phenoxy) is 3. The topological polar surface area (TPSA) is 65.1 Å². The first-order chi connectivity index (χ1) is 8.13. The second kappa shape index (κ2) is 7.11. The number of hydrogen-bond donors (Lipinski definition) is 0. The number of carbonyl (C=O) groups excluding carboxylic acids is 2. The minimum atomic E-state index is -0.399. The van der Waals surface area contributed by atoms with Crippen LogP contribution >= 0.6 is 0 Å². The molecule has 0 aromatic carbocycles. The van der Waals surface area contributed by atoms with Crippen molar-refractivity contribution < 1.29 is 23.8 Å². The number of rotatable bonds is 4. The van der Waals surface area contributed by atoms with Crippen molar-refractivity contribution in [2.45, 2.75) is 26.4 Å². The summed E-state index contributed by atoms with van der Waals surface area (Å²) in [6.07, 6.45) is -0.273. The van der Waals surface area contributed by atoms with Gasteiger partial charge < -0.3 is 19.1 Å². The van der Waals surface area contributed by atoms with Gasteiger partial charge in [0.05, 0.1) is 32.3 Å². The highest BCUT2D eigenvalue weighted by atomic mass is 16.6. The smallest absolute Gasteiger partial charge is 0.409 e. The molecule has 0 bridgehead atoms. The Morgan fingerprint density at radius 3 is 2.82 bits per heavy atom. The number of amides is 1. The van der Waals surface area contributed by atoms with Crippen LogP contribution in [0.4, 0.5) is 4.79 Å². The van der Waals surface area contributed by atoms with Crippen molar-refractivity contribution in [3.8, 4) is 0 Å². The van der Waals surface area contributed by atoms with Gasteiger partial charge in [-0.2, -0.15) is 0 Å². The fourth-order valence-corrected chi connectivity index (χ4v) is 1.53. The summed E-state index contributed by atoms with van der Waals surface area (Å²) in [5, 5.41) is 0. The van der Waals surface area contributed by atoms with Crippen LogP contribution in [-0.2, 0) is 19.0 Å². The van der Waals surface area contributed by atoms with Crippen molar-refractivity contribution in [2.75, 3.05) is 32.9 Å². The van der Waals surface area contributed by atoms with Gasteiger partial charge >= 0.3 is 12.1 Å². The van der Waals surface area contributed by atoms with Crippen LogP contribution in [0, 0.1) is 0 Å². The van der Waals surface area contributed by atoms with Gasteiger partial charge in [-0.25, -0.2) is 4.79 Å². The summed E-state index contributed by atoms with van der Waals surface area (Å²) >= 11 is 0. The predicted octanol–water partition coefficient (Wildman–Crippen LogP) is 0.797. The number of nitrogens with zero attached hydrogens (tertiary/aromatic N) is 1. The summed E-state index contributed by atoms with van der Waals surface area (Å²) in [5.74, 6) is -0.351. The van der Waals surface area contributed by atoms with Gasteiger partial charge in [0.15, 0.2) is 0 Å². The predicted molar refractivity (Wildman–Crippen MR) is 59.6 cm³/mol. The maximum Gasteiger partial charge on any atom is 0.409 e. The molecular formula is C11H19NO5. The average molecular weight is 245 g/mol. The fraction of sp³-hybridized carbons (Fsp3) is 0.818. The molecule has 0 spiro atoms.